The third-order valence-corrected chi connectivity index (χ3v) is 2.97. The van der Waals surface area contributed by atoms with Gasteiger partial charge >= 0.3 is 18.3 Å². The van der Waals surface area contributed by atoms with Crippen LogP contribution in [0, 0.1) is 0 Å². The highest BCUT2D eigenvalue weighted by molar-refractivity contribution is 5.89. The Kier molecular flexibility index (Phi) is 6.83. The highest BCUT2D eigenvalue weighted by Gasteiger charge is 2.33. The molecule has 0 aliphatic heterocycles. The Labute approximate surface area is 149 Å². The lowest BCUT2D eigenvalue weighted by Crippen LogP contribution is -2.27. The van der Waals surface area contributed by atoms with Crippen LogP contribution in [0.1, 0.15) is 44.9 Å². The first kappa shape index (κ1) is 21.5. The second kappa shape index (κ2) is 8.25. The van der Waals surface area contributed by atoms with Crippen LogP contribution in [0.25, 0.3) is 0 Å². The lowest BCUT2D eigenvalue weighted by molar-refractivity contribution is -0.140. The van der Waals surface area contributed by atoms with Gasteiger partial charge in [-0.15, -0.1) is 0 Å². The summed E-state index contributed by atoms with van der Waals surface area (Å²) in [6, 6.07) is 4.07. The molecular weight excluding hydrogens is 353 g/mol. The van der Waals surface area contributed by atoms with Crippen molar-refractivity contribution >= 4 is 12.1 Å². The first-order valence-corrected chi connectivity index (χ1v) is 7.78. The number of hydrogen-bond acceptors (Lipinski definition) is 5. The molecule has 0 fully saturated rings. The molecule has 1 aromatic carbocycles. The number of carbonyl (C=O) groups is 2. The Bertz CT molecular complexity index is 674. The number of hydrogen-bond donors (Lipinski definition) is 0. The van der Waals surface area contributed by atoms with Crippen molar-refractivity contribution in [3.05, 3.63) is 47.5 Å². The van der Waals surface area contributed by atoms with Gasteiger partial charge in [-0.1, -0.05) is 18.7 Å². The van der Waals surface area contributed by atoms with Gasteiger partial charge in [0.25, 0.3) is 0 Å². The molecule has 0 N–H and O–H groups in total. The van der Waals surface area contributed by atoms with Crippen LogP contribution < -0.4 is 0 Å². The van der Waals surface area contributed by atoms with Gasteiger partial charge in [0, 0.05) is 0 Å². The summed E-state index contributed by atoms with van der Waals surface area (Å²) in [7, 11) is 0. The third kappa shape index (κ3) is 6.42. The van der Waals surface area contributed by atoms with Gasteiger partial charge < -0.3 is 14.2 Å². The lowest BCUT2D eigenvalue weighted by Gasteiger charge is -2.24. The van der Waals surface area contributed by atoms with Gasteiger partial charge in [-0.3, -0.25) is 0 Å². The molecule has 0 saturated carbocycles. The second-order valence-electron chi connectivity index (χ2n) is 6.33. The minimum absolute atomic E-state index is 0.0274. The van der Waals surface area contributed by atoms with Crippen LogP contribution in [0.2, 0.25) is 0 Å². The smallest absolute Gasteiger partial charge is 0.463 e. The first-order valence-electron chi connectivity index (χ1n) is 7.78. The van der Waals surface area contributed by atoms with E-state index >= 15 is 0 Å². The van der Waals surface area contributed by atoms with Gasteiger partial charge in [0.05, 0.1) is 17.7 Å². The van der Waals surface area contributed by atoms with Gasteiger partial charge in [-0.2, -0.15) is 13.2 Å². The summed E-state index contributed by atoms with van der Waals surface area (Å²) >= 11 is 0. The predicted molar refractivity (Wildman–Crippen MR) is 87.3 cm³/mol. The standard InChI is InChI=1S/C18H21F3O5/c1-6-24-15(22)11(2)14(25-16(23)26-17(3,4)5)12-8-7-9-13(10-12)18(19,20)21/h7-10,14H,2,6H2,1,3-5H3. The minimum Gasteiger partial charge on any atom is -0.463 e. The highest BCUT2D eigenvalue weighted by atomic mass is 19.4. The van der Waals surface area contributed by atoms with Crippen molar-refractivity contribution in [2.24, 2.45) is 0 Å². The maximum atomic E-state index is 13.0. The Morgan fingerprint density at radius 1 is 1.19 bits per heavy atom. The Morgan fingerprint density at radius 2 is 1.81 bits per heavy atom. The molecule has 0 aliphatic rings. The zero-order valence-electron chi connectivity index (χ0n) is 15.0. The molecule has 0 bridgehead atoms. The van der Waals surface area contributed by atoms with Crippen molar-refractivity contribution in [1.82, 2.24) is 0 Å². The molecule has 0 saturated heterocycles. The SMILES string of the molecule is C=C(C(=O)OCC)C(OC(=O)OC(C)(C)C)c1cccc(C(F)(F)F)c1. The second-order valence-corrected chi connectivity index (χ2v) is 6.33. The fourth-order valence-corrected chi connectivity index (χ4v) is 1.92. The first-order chi connectivity index (χ1) is 11.8. The molecule has 1 unspecified atom stereocenters. The Morgan fingerprint density at radius 3 is 2.31 bits per heavy atom. The van der Waals surface area contributed by atoms with Crippen molar-refractivity contribution in [2.45, 2.75) is 45.6 Å². The number of rotatable bonds is 5. The fraction of sp³-hybridized carbons (Fsp3) is 0.444. The summed E-state index contributed by atoms with van der Waals surface area (Å²) in [5.74, 6) is -0.890. The summed E-state index contributed by atoms with van der Waals surface area (Å²) in [5, 5.41) is 0. The summed E-state index contributed by atoms with van der Waals surface area (Å²) in [6.45, 7) is 9.86. The minimum atomic E-state index is -4.60. The normalized spacial score (nSPS) is 12.9. The van der Waals surface area contributed by atoms with Crippen LogP contribution in [0.15, 0.2) is 36.4 Å². The zero-order chi connectivity index (χ0) is 20.1. The molecule has 1 aromatic rings. The van der Waals surface area contributed by atoms with E-state index in [4.69, 9.17) is 14.2 Å². The van der Waals surface area contributed by atoms with Crippen molar-refractivity contribution in [2.75, 3.05) is 6.61 Å². The summed E-state index contributed by atoms with van der Waals surface area (Å²) in [6.07, 6.45) is -7.23. The molecule has 0 heterocycles. The van der Waals surface area contributed by atoms with Gasteiger partial charge in [0.15, 0.2) is 6.10 Å². The summed E-state index contributed by atoms with van der Waals surface area (Å²) in [5.41, 5.74) is -2.24. The number of esters is 1. The maximum Gasteiger partial charge on any atom is 0.509 e. The topological polar surface area (TPSA) is 61.8 Å². The van der Waals surface area contributed by atoms with Gasteiger partial charge in [0.2, 0.25) is 0 Å². The number of alkyl halides is 3. The molecule has 0 spiro atoms. The lowest BCUT2D eigenvalue weighted by atomic mass is 10.0. The number of carbonyl (C=O) groups excluding carboxylic acids is 2. The van der Waals surface area contributed by atoms with E-state index in [2.05, 4.69) is 6.58 Å². The average molecular weight is 374 g/mol. The molecule has 1 rings (SSSR count). The highest BCUT2D eigenvalue weighted by Crippen LogP contribution is 2.33. The number of benzene rings is 1. The molecule has 144 valence electrons. The Balaban J connectivity index is 3.22. The molecule has 8 heteroatoms. The van der Waals surface area contributed by atoms with Crippen LogP contribution in [0.4, 0.5) is 18.0 Å². The molecular formula is C18H21F3O5. The van der Waals surface area contributed by atoms with Gasteiger partial charge in [-0.25, -0.2) is 9.59 Å². The van der Waals surface area contributed by atoms with E-state index in [9.17, 15) is 22.8 Å². The Hall–Kier alpha value is -2.51. The largest absolute Gasteiger partial charge is 0.509 e. The van der Waals surface area contributed by atoms with E-state index in [0.717, 1.165) is 18.2 Å². The molecule has 0 amide bonds. The van der Waals surface area contributed by atoms with Crippen LogP contribution in [0.3, 0.4) is 0 Å². The molecule has 5 nitrogen and oxygen atoms in total. The maximum absolute atomic E-state index is 13.0. The molecule has 0 aliphatic carbocycles. The van der Waals surface area contributed by atoms with E-state index in [1.165, 1.54) is 6.07 Å². The summed E-state index contributed by atoms with van der Waals surface area (Å²) < 4.78 is 53.7. The monoisotopic (exact) mass is 374 g/mol. The number of ether oxygens (including phenoxy) is 3. The van der Waals surface area contributed by atoms with Crippen LogP contribution in [-0.4, -0.2) is 24.3 Å². The fourth-order valence-electron chi connectivity index (χ4n) is 1.92. The number of halogens is 3. The van der Waals surface area contributed by atoms with E-state index in [-0.39, 0.29) is 17.7 Å². The average Bonchev–Trinajstić information content (AvgIpc) is 2.50. The third-order valence-electron chi connectivity index (χ3n) is 2.97. The van der Waals surface area contributed by atoms with Crippen molar-refractivity contribution in [3.63, 3.8) is 0 Å². The molecule has 0 radical (unpaired) electrons. The van der Waals surface area contributed by atoms with Gasteiger partial charge in [0.1, 0.15) is 5.60 Å². The van der Waals surface area contributed by atoms with E-state index in [0.29, 0.717) is 0 Å². The van der Waals surface area contributed by atoms with Crippen LogP contribution >= 0.6 is 0 Å². The van der Waals surface area contributed by atoms with E-state index < -0.39 is 35.6 Å². The predicted octanol–water partition coefficient (Wildman–Crippen LogP) is 4.82. The zero-order valence-corrected chi connectivity index (χ0v) is 15.0. The van der Waals surface area contributed by atoms with E-state index in [1.807, 2.05) is 0 Å². The molecule has 26 heavy (non-hydrogen) atoms. The van der Waals surface area contributed by atoms with Crippen LogP contribution in [-0.2, 0) is 25.2 Å². The van der Waals surface area contributed by atoms with Crippen LogP contribution in [0.5, 0.6) is 0 Å². The van der Waals surface area contributed by atoms with Crippen molar-refractivity contribution in [1.29, 1.82) is 0 Å². The van der Waals surface area contributed by atoms with Crippen molar-refractivity contribution < 1.29 is 37.0 Å². The van der Waals surface area contributed by atoms with Gasteiger partial charge in [-0.05, 0) is 45.4 Å². The molecule has 0 aromatic heterocycles. The van der Waals surface area contributed by atoms with E-state index in [1.54, 1.807) is 27.7 Å². The quantitative estimate of drug-likeness (QED) is 0.546. The summed E-state index contributed by atoms with van der Waals surface area (Å²) in [4.78, 5) is 23.9. The molecule has 1 atom stereocenters. The van der Waals surface area contributed by atoms with Crippen molar-refractivity contribution in [3.8, 4) is 0 Å².